The quantitative estimate of drug-likeness (QED) is 0.0238. The summed E-state index contributed by atoms with van der Waals surface area (Å²) in [6.07, 6.45) is 19.1. The highest BCUT2D eigenvalue weighted by Crippen LogP contribution is 2.29. The van der Waals surface area contributed by atoms with E-state index in [0.717, 1.165) is 56.9 Å². The van der Waals surface area contributed by atoms with Crippen molar-refractivity contribution in [1.29, 1.82) is 0 Å². The minimum Gasteiger partial charge on any atom is -0.508 e. The van der Waals surface area contributed by atoms with E-state index in [1.54, 1.807) is 32.9 Å². The highest BCUT2D eigenvalue weighted by molar-refractivity contribution is 5.88. The Balaban J connectivity index is 1.97. The minimum absolute atomic E-state index is 0.0252. The zero-order valence-electron chi connectivity index (χ0n) is 49.6. The van der Waals surface area contributed by atoms with Crippen molar-refractivity contribution in [1.82, 2.24) is 21.3 Å². The van der Waals surface area contributed by atoms with E-state index < -0.39 is 84.1 Å². The lowest BCUT2D eigenvalue weighted by Gasteiger charge is -2.28. The first kappa shape index (κ1) is 68.1. The van der Waals surface area contributed by atoms with Crippen molar-refractivity contribution in [2.75, 3.05) is 13.7 Å². The van der Waals surface area contributed by atoms with E-state index in [1.165, 1.54) is 96.3 Å². The van der Waals surface area contributed by atoms with Gasteiger partial charge in [-0.25, -0.2) is 9.59 Å². The van der Waals surface area contributed by atoms with Crippen LogP contribution in [0.1, 0.15) is 220 Å². The summed E-state index contributed by atoms with van der Waals surface area (Å²) in [4.78, 5) is 83.0. The molecule has 79 heavy (non-hydrogen) atoms. The Labute approximate surface area is 474 Å². The zero-order valence-corrected chi connectivity index (χ0v) is 49.6. The molecule has 0 aromatic heterocycles. The Morgan fingerprint density at radius 3 is 1.53 bits per heavy atom. The SMILES string of the molecule is CCCCCCCCCCCCCC(=O)O[C@H]1[C@H](OC(=O)CCCCCCCCCCCCC)[C@@H](CNC(=O)[C@H](Cc2ccc(O)cc2)NC(=O)OC(C)(C)C)O[C@H]1N[C@@H](Cc1ccccc1)C(=O)N[C@@H](CC(C)C)C(=O)OC. The van der Waals surface area contributed by atoms with Crippen molar-refractivity contribution < 1.29 is 57.6 Å². The average molecular weight is 1110 g/mol. The van der Waals surface area contributed by atoms with Crippen molar-refractivity contribution >= 4 is 35.8 Å². The fraction of sp³-hybridized carbons (Fsp3) is 0.714. The van der Waals surface area contributed by atoms with Gasteiger partial charge in [0.05, 0.1) is 13.2 Å². The van der Waals surface area contributed by atoms with Gasteiger partial charge in [-0.05, 0) is 75.6 Å². The van der Waals surface area contributed by atoms with E-state index in [1.807, 2.05) is 44.2 Å². The number of ether oxygens (including phenoxy) is 5. The number of hydrogen-bond donors (Lipinski definition) is 5. The first-order valence-electron chi connectivity index (χ1n) is 30.2. The van der Waals surface area contributed by atoms with Gasteiger partial charge < -0.3 is 44.7 Å². The Kier molecular flexibility index (Phi) is 33.8. The summed E-state index contributed by atoms with van der Waals surface area (Å²) < 4.78 is 29.9. The molecule has 0 saturated carbocycles. The third kappa shape index (κ3) is 29.7. The summed E-state index contributed by atoms with van der Waals surface area (Å²) in [7, 11) is 1.27. The molecule has 16 nitrogen and oxygen atoms in total. The van der Waals surface area contributed by atoms with Crippen molar-refractivity contribution in [2.45, 2.75) is 270 Å². The largest absolute Gasteiger partial charge is 0.508 e. The van der Waals surface area contributed by atoms with E-state index in [9.17, 15) is 33.9 Å². The third-order valence-corrected chi connectivity index (χ3v) is 14.1. The van der Waals surface area contributed by atoms with Crippen LogP contribution in [0.15, 0.2) is 54.6 Å². The molecule has 5 N–H and O–H groups in total. The molecule has 0 spiro atoms. The van der Waals surface area contributed by atoms with Gasteiger partial charge >= 0.3 is 24.0 Å². The minimum atomic E-state index is -1.28. The molecule has 0 aliphatic carbocycles. The number of phenols is 1. The molecule has 1 aliphatic rings. The van der Waals surface area contributed by atoms with Crippen LogP contribution in [0, 0.1) is 5.92 Å². The predicted molar refractivity (Wildman–Crippen MR) is 309 cm³/mol. The van der Waals surface area contributed by atoms with Crippen molar-refractivity contribution in [3.05, 3.63) is 65.7 Å². The fourth-order valence-corrected chi connectivity index (χ4v) is 9.81. The first-order chi connectivity index (χ1) is 37.9. The molecule has 3 amide bonds. The number of aromatic hydroxyl groups is 1. The van der Waals surface area contributed by atoms with Crippen molar-refractivity contribution in [3.63, 3.8) is 0 Å². The molecule has 0 bridgehead atoms. The number of carbonyl (C=O) groups is 6. The Morgan fingerprint density at radius 2 is 1.05 bits per heavy atom. The molecule has 7 atom stereocenters. The maximum atomic E-state index is 14.5. The fourth-order valence-electron chi connectivity index (χ4n) is 9.81. The number of benzene rings is 2. The standard InChI is InChI=1S/C63H102N4O12/c1-9-11-13-15-17-19-21-23-25-27-32-36-54(69)77-56-53(45-64-58(71)50(67-62(74)79-63(5,6)7)44-48-38-40-49(68)41-39-48)76-60(57(56)78-55(70)37-33-28-26-24-22-20-18-16-14-12-10-2)66-51(43-47-34-30-29-31-35-47)59(72)65-52(42-46(3)4)61(73)75-8/h29-31,34-35,38-41,46,50-53,56-57,60,66,68H,9-28,32-33,36-37,42-45H2,1-8H3,(H,64,71)(H,65,72)(H,67,74)/t50-,51-,52-,53+,56+,57-,60+/m0/s1. The van der Waals surface area contributed by atoms with E-state index in [2.05, 4.69) is 35.1 Å². The lowest BCUT2D eigenvalue weighted by molar-refractivity contribution is -0.167. The van der Waals surface area contributed by atoms with Crippen molar-refractivity contribution in [3.8, 4) is 5.75 Å². The lowest BCUT2D eigenvalue weighted by Crippen LogP contribution is -2.56. The maximum absolute atomic E-state index is 14.5. The molecule has 1 fully saturated rings. The molecule has 3 rings (SSSR count). The third-order valence-electron chi connectivity index (χ3n) is 14.1. The lowest BCUT2D eigenvalue weighted by atomic mass is 10.0. The monoisotopic (exact) mass is 1110 g/mol. The highest BCUT2D eigenvalue weighted by Gasteiger charge is 2.51. The van der Waals surface area contributed by atoms with Gasteiger partial charge in [0, 0.05) is 25.8 Å². The number of carbonyl (C=O) groups excluding carboxylic acids is 6. The summed E-state index contributed by atoms with van der Waals surface area (Å²) in [5, 5.41) is 21.7. The van der Waals surface area contributed by atoms with Crippen LogP contribution in [0.5, 0.6) is 5.75 Å². The smallest absolute Gasteiger partial charge is 0.408 e. The molecule has 446 valence electrons. The van der Waals surface area contributed by atoms with E-state index in [4.69, 9.17) is 23.7 Å². The molecular weight excluding hydrogens is 1000 g/mol. The van der Waals surface area contributed by atoms with Crippen LogP contribution in [0.25, 0.3) is 0 Å². The molecule has 0 radical (unpaired) electrons. The number of methoxy groups -OCH3 is 1. The molecule has 16 heteroatoms. The van der Waals surface area contributed by atoms with Gasteiger partial charge in [0.2, 0.25) is 11.8 Å². The summed E-state index contributed by atoms with van der Waals surface area (Å²) in [6.45, 7) is 13.2. The van der Waals surface area contributed by atoms with E-state index in [-0.39, 0.29) is 43.9 Å². The number of hydrogen-bond acceptors (Lipinski definition) is 13. The number of amides is 3. The molecule has 0 unspecified atom stereocenters. The van der Waals surface area contributed by atoms with Gasteiger partial charge in [0.15, 0.2) is 18.4 Å². The molecule has 1 heterocycles. The normalized spacial score (nSPS) is 17.3. The van der Waals surface area contributed by atoms with Gasteiger partial charge in [-0.15, -0.1) is 0 Å². The second kappa shape index (κ2) is 39.2. The number of phenolic OH excluding ortho intramolecular Hbond substituents is 1. The number of rotatable bonds is 41. The molecule has 1 aliphatic heterocycles. The molecule has 2 aromatic carbocycles. The van der Waals surface area contributed by atoms with Crippen LogP contribution in [0.3, 0.4) is 0 Å². The van der Waals surface area contributed by atoms with Crippen LogP contribution >= 0.6 is 0 Å². The summed E-state index contributed by atoms with van der Waals surface area (Å²) in [5.41, 5.74) is 0.560. The van der Waals surface area contributed by atoms with Crippen molar-refractivity contribution in [2.24, 2.45) is 5.92 Å². The maximum Gasteiger partial charge on any atom is 0.408 e. The predicted octanol–water partition coefficient (Wildman–Crippen LogP) is 11.8. The van der Waals surface area contributed by atoms with Crippen LogP contribution < -0.4 is 21.3 Å². The van der Waals surface area contributed by atoms with E-state index in [0.29, 0.717) is 24.8 Å². The number of esters is 3. The van der Waals surface area contributed by atoms with Gasteiger partial charge in [0.25, 0.3) is 0 Å². The van der Waals surface area contributed by atoms with Crippen LogP contribution in [0.4, 0.5) is 4.79 Å². The number of nitrogens with one attached hydrogen (secondary N) is 4. The highest BCUT2D eigenvalue weighted by atomic mass is 16.6. The topological polar surface area (TPSA) is 217 Å². The van der Waals surface area contributed by atoms with Crippen LogP contribution in [-0.4, -0.2) is 103 Å². The van der Waals surface area contributed by atoms with E-state index >= 15 is 0 Å². The van der Waals surface area contributed by atoms with Gasteiger partial charge in [-0.2, -0.15) is 0 Å². The Hall–Kier alpha value is -5.22. The Bertz CT molecular complexity index is 2030. The van der Waals surface area contributed by atoms with Crippen LogP contribution in [0.2, 0.25) is 0 Å². The second-order valence-electron chi connectivity index (χ2n) is 23.0. The molecular formula is C63H102N4O12. The number of alkyl carbamates (subject to hydrolysis) is 1. The summed E-state index contributed by atoms with van der Waals surface area (Å²) >= 11 is 0. The Morgan fingerprint density at radius 1 is 0.582 bits per heavy atom. The van der Waals surface area contributed by atoms with Crippen LogP contribution in [-0.2, 0) is 60.5 Å². The number of unbranched alkanes of at least 4 members (excludes halogenated alkanes) is 20. The van der Waals surface area contributed by atoms with Gasteiger partial charge in [0.1, 0.15) is 29.5 Å². The average Bonchev–Trinajstić information content (AvgIpc) is 3.76. The summed E-state index contributed by atoms with van der Waals surface area (Å²) in [5.74, 6) is -2.75. The second-order valence-corrected chi connectivity index (χ2v) is 23.0. The zero-order chi connectivity index (χ0) is 57.8. The van der Waals surface area contributed by atoms with Gasteiger partial charge in [-0.1, -0.05) is 199 Å². The summed E-state index contributed by atoms with van der Waals surface area (Å²) in [6, 6.07) is 12.3. The first-order valence-corrected chi connectivity index (χ1v) is 30.2. The molecule has 1 saturated heterocycles. The van der Waals surface area contributed by atoms with Gasteiger partial charge in [-0.3, -0.25) is 24.5 Å². The molecule has 2 aromatic rings.